The average Bonchev–Trinajstić information content (AvgIpc) is 2.51. The third-order valence-corrected chi connectivity index (χ3v) is 4.69. The van der Waals surface area contributed by atoms with E-state index in [0.717, 1.165) is 32.5 Å². The summed E-state index contributed by atoms with van der Waals surface area (Å²) in [4.78, 5) is 14.4. The van der Waals surface area contributed by atoms with Crippen molar-refractivity contribution in [3.8, 4) is 5.75 Å². The van der Waals surface area contributed by atoms with Gasteiger partial charge in [0, 0.05) is 13.1 Å². The highest BCUT2D eigenvalue weighted by molar-refractivity contribution is 6.42. The zero-order valence-electron chi connectivity index (χ0n) is 12.9. The van der Waals surface area contributed by atoms with Crippen LogP contribution in [-0.2, 0) is 4.79 Å². The zero-order valence-corrected chi connectivity index (χ0v) is 14.5. The number of hydrogen-bond acceptors (Lipinski definition) is 3. The SMILES string of the molecule is CNCC1CCCN(C(=O)C(C)Oc2cccc(Cl)c2Cl)C1. The summed E-state index contributed by atoms with van der Waals surface area (Å²) in [5.41, 5.74) is 0. The monoisotopic (exact) mass is 344 g/mol. The van der Waals surface area contributed by atoms with E-state index in [-0.39, 0.29) is 5.91 Å². The number of likely N-dealkylation sites (tertiary alicyclic amines) is 1. The van der Waals surface area contributed by atoms with Crippen LogP contribution < -0.4 is 10.1 Å². The minimum Gasteiger partial charge on any atom is -0.479 e. The Balaban J connectivity index is 1.98. The van der Waals surface area contributed by atoms with Gasteiger partial charge in [-0.1, -0.05) is 29.3 Å². The Labute approximate surface area is 141 Å². The van der Waals surface area contributed by atoms with Crippen LogP contribution in [0.2, 0.25) is 10.0 Å². The molecule has 1 N–H and O–H groups in total. The molecule has 2 unspecified atom stereocenters. The van der Waals surface area contributed by atoms with Crippen LogP contribution in [0.3, 0.4) is 0 Å². The number of carbonyl (C=O) groups is 1. The number of ether oxygens (including phenoxy) is 1. The van der Waals surface area contributed by atoms with Crippen molar-refractivity contribution in [3.63, 3.8) is 0 Å². The second-order valence-electron chi connectivity index (χ2n) is 5.66. The zero-order chi connectivity index (χ0) is 16.1. The van der Waals surface area contributed by atoms with E-state index < -0.39 is 6.10 Å². The number of benzene rings is 1. The first kappa shape index (κ1) is 17.4. The molecule has 4 nitrogen and oxygen atoms in total. The summed E-state index contributed by atoms with van der Waals surface area (Å²) in [5.74, 6) is 0.945. The second-order valence-corrected chi connectivity index (χ2v) is 6.45. The molecule has 1 heterocycles. The van der Waals surface area contributed by atoms with Gasteiger partial charge in [0.2, 0.25) is 0 Å². The summed E-state index contributed by atoms with van der Waals surface area (Å²) in [6.45, 7) is 4.24. The van der Waals surface area contributed by atoms with E-state index in [0.29, 0.717) is 21.7 Å². The fraction of sp³-hybridized carbons (Fsp3) is 0.562. The molecule has 1 saturated heterocycles. The quantitative estimate of drug-likeness (QED) is 0.891. The Morgan fingerprint density at radius 1 is 1.50 bits per heavy atom. The van der Waals surface area contributed by atoms with Crippen LogP contribution in [0.1, 0.15) is 19.8 Å². The lowest BCUT2D eigenvalue weighted by Crippen LogP contribution is -2.47. The Kier molecular flexibility index (Phi) is 6.36. The van der Waals surface area contributed by atoms with Gasteiger partial charge in [-0.05, 0) is 51.4 Å². The van der Waals surface area contributed by atoms with Crippen molar-refractivity contribution in [2.45, 2.75) is 25.9 Å². The summed E-state index contributed by atoms with van der Waals surface area (Å²) in [6, 6.07) is 5.17. The second kappa shape index (κ2) is 8.04. The molecule has 1 aliphatic rings. The molecule has 0 saturated carbocycles. The molecule has 0 bridgehead atoms. The van der Waals surface area contributed by atoms with E-state index in [1.54, 1.807) is 25.1 Å². The van der Waals surface area contributed by atoms with Crippen molar-refractivity contribution in [2.75, 3.05) is 26.7 Å². The lowest BCUT2D eigenvalue weighted by Gasteiger charge is -2.34. The largest absolute Gasteiger partial charge is 0.479 e. The van der Waals surface area contributed by atoms with E-state index in [9.17, 15) is 4.79 Å². The van der Waals surface area contributed by atoms with Gasteiger partial charge in [-0.15, -0.1) is 0 Å². The van der Waals surface area contributed by atoms with Gasteiger partial charge >= 0.3 is 0 Å². The van der Waals surface area contributed by atoms with Crippen LogP contribution in [-0.4, -0.2) is 43.6 Å². The maximum Gasteiger partial charge on any atom is 0.263 e. The molecule has 1 aromatic rings. The van der Waals surface area contributed by atoms with Crippen LogP contribution in [0.4, 0.5) is 0 Å². The van der Waals surface area contributed by atoms with Crippen molar-refractivity contribution >= 4 is 29.1 Å². The topological polar surface area (TPSA) is 41.6 Å². The number of amides is 1. The van der Waals surface area contributed by atoms with Gasteiger partial charge in [0.1, 0.15) is 10.8 Å². The average molecular weight is 345 g/mol. The highest BCUT2D eigenvalue weighted by atomic mass is 35.5. The number of carbonyl (C=O) groups excluding carboxylic acids is 1. The van der Waals surface area contributed by atoms with Crippen LogP contribution in [0.5, 0.6) is 5.75 Å². The van der Waals surface area contributed by atoms with Crippen molar-refractivity contribution < 1.29 is 9.53 Å². The number of nitrogens with zero attached hydrogens (tertiary/aromatic N) is 1. The molecule has 1 fully saturated rings. The van der Waals surface area contributed by atoms with E-state index >= 15 is 0 Å². The Hall–Kier alpha value is -0.970. The van der Waals surface area contributed by atoms with Gasteiger partial charge in [-0.25, -0.2) is 0 Å². The molecule has 122 valence electrons. The molecule has 1 amide bonds. The minimum absolute atomic E-state index is 0.00292. The van der Waals surface area contributed by atoms with E-state index in [4.69, 9.17) is 27.9 Å². The summed E-state index contributed by atoms with van der Waals surface area (Å²) in [6.07, 6.45) is 1.60. The van der Waals surface area contributed by atoms with Gasteiger partial charge in [-0.2, -0.15) is 0 Å². The normalized spacial score (nSPS) is 19.8. The smallest absolute Gasteiger partial charge is 0.263 e. The van der Waals surface area contributed by atoms with E-state index in [1.165, 1.54) is 0 Å². The van der Waals surface area contributed by atoms with Gasteiger partial charge < -0.3 is 15.0 Å². The molecule has 6 heteroatoms. The standard InChI is InChI=1S/C16H22Cl2N2O2/c1-11(22-14-7-3-6-13(17)15(14)18)16(21)20-8-4-5-12(10-20)9-19-2/h3,6-7,11-12,19H,4-5,8-10H2,1-2H3. The maximum atomic E-state index is 12.6. The predicted molar refractivity (Wildman–Crippen MR) is 89.8 cm³/mol. The first-order chi connectivity index (χ1) is 10.5. The fourth-order valence-corrected chi connectivity index (χ4v) is 3.13. The number of halogens is 2. The van der Waals surface area contributed by atoms with Gasteiger partial charge in [-0.3, -0.25) is 4.79 Å². The summed E-state index contributed by atoms with van der Waals surface area (Å²) >= 11 is 12.1. The molecule has 0 radical (unpaired) electrons. The molecule has 1 aliphatic heterocycles. The van der Waals surface area contributed by atoms with Gasteiger partial charge in [0.25, 0.3) is 5.91 Å². The summed E-state index contributed by atoms with van der Waals surface area (Å²) in [7, 11) is 1.94. The first-order valence-electron chi connectivity index (χ1n) is 7.57. The van der Waals surface area contributed by atoms with E-state index in [2.05, 4.69) is 5.32 Å². The van der Waals surface area contributed by atoms with Crippen molar-refractivity contribution in [1.29, 1.82) is 0 Å². The predicted octanol–water partition coefficient (Wildman–Crippen LogP) is 3.22. The van der Waals surface area contributed by atoms with Crippen LogP contribution in [0.15, 0.2) is 18.2 Å². The van der Waals surface area contributed by atoms with Crippen LogP contribution in [0, 0.1) is 5.92 Å². The molecule has 0 aliphatic carbocycles. The molecule has 2 rings (SSSR count). The molecule has 1 aromatic carbocycles. The fourth-order valence-electron chi connectivity index (χ4n) is 2.79. The molecule has 2 atom stereocenters. The maximum absolute atomic E-state index is 12.6. The van der Waals surface area contributed by atoms with Crippen molar-refractivity contribution in [1.82, 2.24) is 10.2 Å². The van der Waals surface area contributed by atoms with Crippen LogP contribution >= 0.6 is 23.2 Å². The molecular formula is C16H22Cl2N2O2. The highest BCUT2D eigenvalue weighted by Gasteiger charge is 2.27. The molecule has 0 aromatic heterocycles. The third kappa shape index (κ3) is 4.28. The summed E-state index contributed by atoms with van der Waals surface area (Å²) in [5, 5.41) is 3.94. The van der Waals surface area contributed by atoms with Gasteiger partial charge in [0.15, 0.2) is 6.10 Å². The molecular weight excluding hydrogens is 323 g/mol. The number of nitrogens with one attached hydrogen (secondary N) is 1. The number of rotatable bonds is 5. The highest BCUT2D eigenvalue weighted by Crippen LogP contribution is 2.32. The first-order valence-corrected chi connectivity index (χ1v) is 8.32. The lowest BCUT2D eigenvalue weighted by atomic mass is 9.97. The number of piperidine rings is 1. The molecule has 22 heavy (non-hydrogen) atoms. The Morgan fingerprint density at radius 2 is 2.27 bits per heavy atom. The van der Waals surface area contributed by atoms with Crippen molar-refractivity contribution in [3.05, 3.63) is 28.2 Å². The van der Waals surface area contributed by atoms with Crippen LogP contribution in [0.25, 0.3) is 0 Å². The molecule has 0 spiro atoms. The van der Waals surface area contributed by atoms with Gasteiger partial charge in [0.05, 0.1) is 5.02 Å². The van der Waals surface area contributed by atoms with Crippen molar-refractivity contribution in [2.24, 2.45) is 5.92 Å². The Morgan fingerprint density at radius 3 is 3.00 bits per heavy atom. The summed E-state index contributed by atoms with van der Waals surface area (Å²) < 4.78 is 5.71. The Bertz CT molecular complexity index is 523. The minimum atomic E-state index is -0.579. The lowest BCUT2D eigenvalue weighted by molar-refractivity contribution is -0.139. The third-order valence-electron chi connectivity index (χ3n) is 3.89. The number of hydrogen-bond donors (Lipinski definition) is 1. The van der Waals surface area contributed by atoms with E-state index in [1.807, 2.05) is 11.9 Å².